The number of hydrogen-bond acceptors (Lipinski definition) is 4. The molecule has 2 heterocycles. The van der Waals surface area contributed by atoms with Crippen molar-refractivity contribution in [3.05, 3.63) is 66.9 Å². The summed E-state index contributed by atoms with van der Waals surface area (Å²) in [5.41, 5.74) is 1.49. The lowest BCUT2D eigenvalue weighted by Gasteiger charge is -2.10. The molecule has 8 nitrogen and oxygen atoms in total. The third kappa shape index (κ3) is 3.25. The number of rotatable bonds is 5. The topological polar surface area (TPSA) is 105 Å². The van der Waals surface area contributed by atoms with Crippen LogP contribution in [0, 0.1) is 5.92 Å². The number of para-hydroxylation sites is 1. The number of nitrogens with zero attached hydrogens (tertiary/aromatic N) is 3. The van der Waals surface area contributed by atoms with E-state index in [0.717, 1.165) is 0 Å². The van der Waals surface area contributed by atoms with Crippen LogP contribution in [0.4, 0.5) is 10.6 Å². The standard InChI is InChI=1S/C21H18N4O4/c1-2-24-11-10-16(20(24)27)18(26)13-8-9-15-17(12-13)23-25(19(15)22-21(28)29)14-6-4-3-5-7-14/h2-9,12,16,22H,1,10-11H2,(H,28,29). The first-order valence-corrected chi connectivity index (χ1v) is 9.05. The number of ketones is 1. The molecule has 2 aromatic carbocycles. The lowest BCUT2D eigenvalue weighted by Crippen LogP contribution is -2.26. The van der Waals surface area contributed by atoms with Crippen molar-refractivity contribution in [1.29, 1.82) is 0 Å². The molecule has 146 valence electrons. The molecule has 8 heteroatoms. The number of Topliss-reactive ketones (excluding diaryl/α,β-unsaturated/α-hetero) is 1. The van der Waals surface area contributed by atoms with Crippen molar-refractivity contribution in [3.8, 4) is 5.69 Å². The van der Waals surface area contributed by atoms with Gasteiger partial charge in [-0.15, -0.1) is 0 Å². The molecular weight excluding hydrogens is 372 g/mol. The summed E-state index contributed by atoms with van der Waals surface area (Å²) in [5.74, 6) is -0.984. The molecule has 3 aromatic rings. The zero-order chi connectivity index (χ0) is 20.5. The second-order valence-corrected chi connectivity index (χ2v) is 6.68. The van der Waals surface area contributed by atoms with Gasteiger partial charge in [-0.1, -0.05) is 30.8 Å². The van der Waals surface area contributed by atoms with Gasteiger partial charge in [-0.3, -0.25) is 14.9 Å². The Hall–Kier alpha value is -3.94. The third-order valence-electron chi connectivity index (χ3n) is 4.96. The summed E-state index contributed by atoms with van der Waals surface area (Å²) < 4.78 is 1.48. The van der Waals surface area contributed by atoms with Crippen molar-refractivity contribution >= 4 is 34.5 Å². The normalized spacial score (nSPS) is 16.2. The van der Waals surface area contributed by atoms with Gasteiger partial charge in [-0.05, 0) is 36.9 Å². The number of carboxylic acid groups (broad SMARTS) is 1. The maximum absolute atomic E-state index is 12.9. The van der Waals surface area contributed by atoms with E-state index in [2.05, 4.69) is 17.0 Å². The number of hydrogen-bond donors (Lipinski definition) is 2. The Balaban J connectivity index is 1.77. The van der Waals surface area contributed by atoms with Crippen molar-refractivity contribution in [2.24, 2.45) is 5.92 Å². The lowest BCUT2D eigenvalue weighted by atomic mass is 9.95. The number of carbonyl (C=O) groups is 3. The molecule has 0 aliphatic carbocycles. The van der Waals surface area contributed by atoms with Crippen LogP contribution in [0.15, 0.2) is 61.3 Å². The number of carbonyl (C=O) groups excluding carboxylic acids is 2. The maximum Gasteiger partial charge on any atom is 0.410 e. The Labute approximate surface area is 166 Å². The first-order valence-electron chi connectivity index (χ1n) is 9.05. The van der Waals surface area contributed by atoms with Crippen molar-refractivity contribution < 1.29 is 19.5 Å². The van der Waals surface area contributed by atoms with Gasteiger partial charge >= 0.3 is 6.09 Å². The quantitative estimate of drug-likeness (QED) is 0.514. The SMILES string of the molecule is C=CN1CCC(C(=O)c2ccc3c(NC(=O)O)n(-c4ccccc4)nc3c2)C1=O. The summed E-state index contributed by atoms with van der Waals surface area (Å²) in [5, 5.41) is 16.6. The number of aromatic nitrogens is 2. The predicted octanol–water partition coefficient (Wildman–Crippen LogP) is 3.29. The number of anilines is 1. The fourth-order valence-corrected chi connectivity index (χ4v) is 3.55. The highest BCUT2D eigenvalue weighted by atomic mass is 16.4. The van der Waals surface area contributed by atoms with Gasteiger partial charge in [-0.25, -0.2) is 9.48 Å². The first kappa shape index (κ1) is 18.4. The minimum Gasteiger partial charge on any atom is -0.465 e. The van der Waals surface area contributed by atoms with Crippen molar-refractivity contribution in [2.75, 3.05) is 11.9 Å². The van der Waals surface area contributed by atoms with Gasteiger partial charge in [0.25, 0.3) is 0 Å². The highest BCUT2D eigenvalue weighted by Crippen LogP contribution is 2.29. The molecule has 1 aliphatic heterocycles. The maximum atomic E-state index is 12.9. The molecule has 0 spiro atoms. The fraction of sp³-hybridized carbons (Fsp3) is 0.143. The Bertz CT molecular complexity index is 1140. The van der Waals surface area contributed by atoms with Crippen LogP contribution in [0.2, 0.25) is 0 Å². The molecule has 1 fully saturated rings. The second-order valence-electron chi connectivity index (χ2n) is 6.68. The fourth-order valence-electron chi connectivity index (χ4n) is 3.55. The average Bonchev–Trinajstić information content (AvgIpc) is 3.27. The van der Waals surface area contributed by atoms with Crippen LogP contribution in [-0.4, -0.2) is 44.1 Å². The molecule has 0 bridgehead atoms. The summed E-state index contributed by atoms with van der Waals surface area (Å²) in [6, 6.07) is 13.9. The molecule has 1 aliphatic rings. The minimum absolute atomic E-state index is 0.256. The Morgan fingerprint density at radius 1 is 1.21 bits per heavy atom. The predicted molar refractivity (Wildman–Crippen MR) is 107 cm³/mol. The zero-order valence-electron chi connectivity index (χ0n) is 15.4. The van der Waals surface area contributed by atoms with Crippen LogP contribution in [-0.2, 0) is 4.79 Å². The van der Waals surface area contributed by atoms with Crippen LogP contribution in [0.1, 0.15) is 16.8 Å². The minimum atomic E-state index is -1.22. The van der Waals surface area contributed by atoms with Gasteiger partial charge in [0.15, 0.2) is 5.78 Å². The van der Waals surface area contributed by atoms with Gasteiger partial charge in [0.1, 0.15) is 11.7 Å². The summed E-state index contributed by atoms with van der Waals surface area (Å²) in [7, 11) is 0. The van der Waals surface area contributed by atoms with Crippen LogP contribution < -0.4 is 5.32 Å². The summed E-state index contributed by atoms with van der Waals surface area (Å²) >= 11 is 0. The summed E-state index contributed by atoms with van der Waals surface area (Å²) in [6.45, 7) is 4.06. The molecule has 2 N–H and O–H groups in total. The molecular formula is C21H18N4O4. The van der Waals surface area contributed by atoms with E-state index in [9.17, 15) is 19.5 Å². The molecule has 2 amide bonds. The Kier molecular flexibility index (Phi) is 4.59. The monoisotopic (exact) mass is 390 g/mol. The van der Waals surface area contributed by atoms with Gasteiger partial charge in [0.2, 0.25) is 5.91 Å². The van der Waals surface area contributed by atoms with E-state index in [1.165, 1.54) is 15.8 Å². The molecule has 29 heavy (non-hydrogen) atoms. The van der Waals surface area contributed by atoms with Crippen molar-refractivity contribution in [2.45, 2.75) is 6.42 Å². The summed E-state index contributed by atoms with van der Waals surface area (Å²) in [6.07, 6.45) is 0.654. The number of likely N-dealkylation sites (tertiary alicyclic amines) is 1. The Morgan fingerprint density at radius 2 is 1.97 bits per heavy atom. The van der Waals surface area contributed by atoms with Gasteiger partial charge in [0.05, 0.1) is 11.2 Å². The molecule has 0 saturated carbocycles. The van der Waals surface area contributed by atoms with E-state index in [4.69, 9.17) is 0 Å². The highest BCUT2D eigenvalue weighted by Gasteiger charge is 2.36. The van der Waals surface area contributed by atoms with Gasteiger partial charge in [0, 0.05) is 17.5 Å². The summed E-state index contributed by atoms with van der Waals surface area (Å²) in [4.78, 5) is 37.9. The highest BCUT2D eigenvalue weighted by molar-refractivity contribution is 6.12. The molecule has 1 unspecified atom stereocenters. The second kappa shape index (κ2) is 7.23. The van der Waals surface area contributed by atoms with Crippen molar-refractivity contribution in [3.63, 3.8) is 0 Å². The molecule has 4 rings (SSSR count). The smallest absolute Gasteiger partial charge is 0.410 e. The number of amides is 2. The number of benzene rings is 2. The molecule has 1 atom stereocenters. The molecule has 1 saturated heterocycles. The number of fused-ring (bicyclic) bond motifs is 1. The van der Waals surface area contributed by atoms with Gasteiger partial charge < -0.3 is 10.0 Å². The third-order valence-corrected chi connectivity index (χ3v) is 4.96. The largest absolute Gasteiger partial charge is 0.465 e. The van der Waals surface area contributed by atoms with E-state index in [0.29, 0.717) is 35.1 Å². The van der Waals surface area contributed by atoms with Crippen LogP contribution >= 0.6 is 0 Å². The van der Waals surface area contributed by atoms with Crippen LogP contribution in [0.25, 0.3) is 16.6 Å². The molecule has 1 aromatic heterocycles. The van der Waals surface area contributed by atoms with Crippen LogP contribution in [0.5, 0.6) is 0 Å². The van der Waals surface area contributed by atoms with Gasteiger partial charge in [-0.2, -0.15) is 5.10 Å². The first-order chi connectivity index (χ1) is 14.0. The van der Waals surface area contributed by atoms with E-state index >= 15 is 0 Å². The van der Waals surface area contributed by atoms with E-state index < -0.39 is 12.0 Å². The molecule has 0 radical (unpaired) electrons. The van der Waals surface area contributed by atoms with Crippen molar-refractivity contribution in [1.82, 2.24) is 14.7 Å². The lowest BCUT2D eigenvalue weighted by molar-refractivity contribution is -0.127. The van der Waals surface area contributed by atoms with Crippen LogP contribution in [0.3, 0.4) is 0 Å². The average molecular weight is 390 g/mol. The Morgan fingerprint density at radius 3 is 2.62 bits per heavy atom. The zero-order valence-corrected chi connectivity index (χ0v) is 15.4. The van der Waals surface area contributed by atoms with E-state index in [-0.39, 0.29) is 17.5 Å². The van der Waals surface area contributed by atoms with E-state index in [1.807, 2.05) is 18.2 Å². The number of nitrogens with one attached hydrogen (secondary N) is 1. The van der Waals surface area contributed by atoms with E-state index in [1.54, 1.807) is 30.3 Å².